The molecule has 3 N–H and O–H groups in total. The lowest BCUT2D eigenvalue weighted by atomic mass is 10.2. The van der Waals surface area contributed by atoms with Gasteiger partial charge in [-0.2, -0.15) is 0 Å². The minimum Gasteiger partial charge on any atom is -0.397 e. The Morgan fingerprint density at radius 2 is 2.44 bits per heavy atom. The number of nitrogen functional groups attached to an aromatic ring is 1. The molecule has 86 valence electrons. The van der Waals surface area contributed by atoms with Gasteiger partial charge in [0.15, 0.2) is 0 Å². The van der Waals surface area contributed by atoms with Crippen LogP contribution in [0, 0.1) is 0 Å². The third-order valence-corrected chi connectivity index (χ3v) is 2.79. The summed E-state index contributed by atoms with van der Waals surface area (Å²) in [4.78, 5) is 17.4. The van der Waals surface area contributed by atoms with Crippen molar-refractivity contribution in [3.63, 3.8) is 0 Å². The lowest BCUT2D eigenvalue weighted by Gasteiger charge is -2.16. The minimum absolute atomic E-state index is 0.210. The number of likely N-dealkylation sites (tertiary alicyclic amines) is 1. The fraction of sp³-hybridized carbons (Fsp3) is 0.400. The Morgan fingerprint density at radius 1 is 1.69 bits per heavy atom. The molecule has 2 rings (SSSR count). The fourth-order valence-corrected chi connectivity index (χ4v) is 1.88. The fourth-order valence-electron chi connectivity index (χ4n) is 1.72. The van der Waals surface area contributed by atoms with Gasteiger partial charge in [-0.3, -0.25) is 4.79 Å². The number of aromatic nitrogens is 1. The maximum Gasteiger partial charge on any atom is 0.256 e. The molecule has 1 aromatic heterocycles. The first kappa shape index (κ1) is 11.2. The molecule has 1 amide bonds. The zero-order chi connectivity index (χ0) is 11.7. The third-order valence-electron chi connectivity index (χ3n) is 2.58. The molecule has 16 heavy (non-hydrogen) atoms. The van der Waals surface area contributed by atoms with Crippen molar-refractivity contribution in [2.45, 2.75) is 12.5 Å². The second-order valence-electron chi connectivity index (χ2n) is 3.79. The van der Waals surface area contributed by atoms with Crippen LogP contribution in [0.15, 0.2) is 12.3 Å². The number of hydrogen-bond acceptors (Lipinski definition) is 4. The first-order valence-corrected chi connectivity index (χ1v) is 5.34. The summed E-state index contributed by atoms with van der Waals surface area (Å²) in [5.74, 6) is -0.210. The molecule has 0 radical (unpaired) electrons. The lowest BCUT2D eigenvalue weighted by Crippen LogP contribution is -2.30. The summed E-state index contributed by atoms with van der Waals surface area (Å²) in [6.45, 7) is 0.887. The van der Waals surface area contributed by atoms with Crippen molar-refractivity contribution in [1.82, 2.24) is 9.88 Å². The van der Waals surface area contributed by atoms with Crippen molar-refractivity contribution in [1.29, 1.82) is 0 Å². The van der Waals surface area contributed by atoms with Gasteiger partial charge in [-0.15, -0.1) is 0 Å². The molecule has 1 aromatic rings. The monoisotopic (exact) mass is 241 g/mol. The Kier molecular flexibility index (Phi) is 2.98. The molecule has 2 heterocycles. The number of pyridine rings is 1. The number of aliphatic hydroxyl groups excluding tert-OH is 1. The number of anilines is 1. The van der Waals surface area contributed by atoms with Crippen LogP contribution < -0.4 is 5.73 Å². The van der Waals surface area contributed by atoms with Gasteiger partial charge in [0.25, 0.3) is 5.91 Å². The Balaban J connectivity index is 2.23. The van der Waals surface area contributed by atoms with E-state index in [1.54, 1.807) is 4.90 Å². The molecule has 0 bridgehead atoms. The van der Waals surface area contributed by atoms with Gasteiger partial charge < -0.3 is 15.7 Å². The van der Waals surface area contributed by atoms with Crippen molar-refractivity contribution >= 4 is 23.2 Å². The number of nitrogens with zero attached hydrogens (tertiary/aromatic N) is 2. The van der Waals surface area contributed by atoms with Crippen LogP contribution >= 0.6 is 11.6 Å². The Hall–Kier alpha value is -1.33. The predicted octanol–water partition coefficient (Wildman–Crippen LogP) is 0.524. The average molecular weight is 242 g/mol. The lowest BCUT2D eigenvalue weighted by molar-refractivity contribution is 0.0766. The number of amides is 1. The smallest absolute Gasteiger partial charge is 0.256 e. The van der Waals surface area contributed by atoms with Gasteiger partial charge in [0.1, 0.15) is 5.15 Å². The quantitative estimate of drug-likeness (QED) is 0.703. The highest BCUT2D eigenvalue weighted by Gasteiger charge is 2.26. The number of nitrogens with two attached hydrogens (primary N) is 1. The topological polar surface area (TPSA) is 79.5 Å². The number of carbonyl (C=O) groups excluding carboxylic acids is 1. The Morgan fingerprint density at radius 3 is 3.06 bits per heavy atom. The molecule has 1 aliphatic heterocycles. The van der Waals surface area contributed by atoms with E-state index in [1.807, 2.05) is 0 Å². The van der Waals surface area contributed by atoms with Gasteiger partial charge >= 0.3 is 0 Å². The molecular weight excluding hydrogens is 230 g/mol. The molecule has 0 unspecified atom stereocenters. The van der Waals surface area contributed by atoms with Crippen LogP contribution in [-0.4, -0.2) is 40.1 Å². The van der Waals surface area contributed by atoms with Gasteiger partial charge in [0, 0.05) is 13.1 Å². The standard InChI is InChI=1S/C10H12ClN3O2/c11-9-3-7(8(12)4-13-9)10(16)14-2-1-6(15)5-14/h3-4,6,15H,1-2,5,12H2/t6-/m1/s1. The molecule has 5 nitrogen and oxygen atoms in total. The van der Waals surface area contributed by atoms with Crippen LogP contribution in [0.5, 0.6) is 0 Å². The maximum atomic E-state index is 12.0. The second-order valence-corrected chi connectivity index (χ2v) is 4.18. The average Bonchev–Trinajstić information content (AvgIpc) is 2.67. The normalized spacial score (nSPS) is 20.1. The number of rotatable bonds is 1. The van der Waals surface area contributed by atoms with Crippen molar-refractivity contribution in [2.75, 3.05) is 18.8 Å². The molecule has 0 saturated carbocycles. The molecule has 6 heteroatoms. The van der Waals surface area contributed by atoms with Crippen molar-refractivity contribution in [2.24, 2.45) is 0 Å². The summed E-state index contributed by atoms with van der Waals surface area (Å²) in [6, 6.07) is 1.45. The molecule has 1 saturated heterocycles. The van der Waals surface area contributed by atoms with E-state index in [-0.39, 0.29) is 11.1 Å². The zero-order valence-corrected chi connectivity index (χ0v) is 9.31. The van der Waals surface area contributed by atoms with E-state index in [4.69, 9.17) is 17.3 Å². The molecule has 0 aromatic carbocycles. The summed E-state index contributed by atoms with van der Waals surface area (Å²) in [7, 11) is 0. The van der Waals surface area contributed by atoms with Crippen molar-refractivity contribution in [3.05, 3.63) is 23.0 Å². The first-order valence-electron chi connectivity index (χ1n) is 4.96. The summed E-state index contributed by atoms with van der Waals surface area (Å²) in [5.41, 5.74) is 6.30. The highest BCUT2D eigenvalue weighted by atomic mass is 35.5. The zero-order valence-electron chi connectivity index (χ0n) is 8.56. The van der Waals surface area contributed by atoms with E-state index in [2.05, 4.69) is 4.98 Å². The van der Waals surface area contributed by atoms with Crippen molar-refractivity contribution in [3.8, 4) is 0 Å². The summed E-state index contributed by atoms with van der Waals surface area (Å²) >= 11 is 5.71. The van der Waals surface area contributed by atoms with Crippen molar-refractivity contribution < 1.29 is 9.90 Å². The van der Waals surface area contributed by atoms with Gasteiger partial charge in [0.05, 0.1) is 23.6 Å². The number of halogens is 1. The second kappa shape index (κ2) is 4.27. The van der Waals surface area contributed by atoms with E-state index in [0.29, 0.717) is 30.8 Å². The number of carbonyl (C=O) groups is 1. The number of hydrogen-bond donors (Lipinski definition) is 2. The molecule has 1 atom stereocenters. The van der Waals surface area contributed by atoms with Crippen LogP contribution in [0.25, 0.3) is 0 Å². The van der Waals surface area contributed by atoms with E-state index in [0.717, 1.165) is 0 Å². The maximum absolute atomic E-state index is 12.0. The minimum atomic E-state index is -0.442. The number of β-amino-alcohol motifs (C(OH)–C–C–N with tert-alkyl or cyclic N) is 1. The highest BCUT2D eigenvalue weighted by molar-refractivity contribution is 6.29. The largest absolute Gasteiger partial charge is 0.397 e. The molecule has 1 aliphatic rings. The van der Waals surface area contributed by atoms with Crippen LogP contribution in [0.2, 0.25) is 5.15 Å². The Bertz CT molecular complexity index is 425. The molecule has 0 aliphatic carbocycles. The first-order chi connectivity index (χ1) is 7.58. The predicted molar refractivity (Wildman–Crippen MR) is 60.2 cm³/mol. The van der Waals surface area contributed by atoms with Crippen LogP contribution in [0.4, 0.5) is 5.69 Å². The van der Waals surface area contributed by atoms with Gasteiger partial charge in [-0.05, 0) is 12.5 Å². The number of aliphatic hydroxyl groups is 1. The third kappa shape index (κ3) is 2.10. The van der Waals surface area contributed by atoms with Gasteiger partial charge in [-0.1, -0.05) is 11.6 Å². The van der Waals surface area contributed by atoms with Gasteiger partial charge in [-0.25, -0.2) is 4.98 Å². The summed E-state index contributed by atoms with van der Waals surface area (Å²) < 4.78 is 0. The molecular formula is C10H12ClN3O2. The summed E-state index contributed by atoms with van der Waals surface area (Å²) in [6.07, 6.45) is 1.52. The van der Waals surface area contributed by atoms with Crippen LogP contribution in [0.3, 0.4) is 0 Å². The van der Waals surface area contributed by atoms with Gasteiger partial charge in [0.2, 0.25) is 0 Å². The van der Waals surface area contributed by atoms with E-state index < -0.39 is 6.10 Å². The van der Waals surface area contributed by atoms with Crippen LogP contribution in [0.1, 0.15) is 16.8 Å². The van der Waals surface area contributed by atoms with Crippen LogP contribution in [-0.2, 0) is 0 Å². The summed E-state index contributed by atoms with van der Waals surface area (Å²) in [5, 5.41) is 9.59. The SMILES string of the molecule is Nc1cnc(Cl)cc1C(=O)N1CC[C@@H](O)C1. The molecule has 0 spiro atoms. The molecule has 1 fully saturated rings. The van der Waals surface area contributed by atoms with E-state index >= 15 is 0 Å². The van der Waals surface area contributed by atoms with E-state index in [1.165, 1.54) is 12.3 Å². The highest BCUT2D eigenvalue weighted by Crippen LogP contribution is 2.19. The van der Waals surface area contributed by atoms with E-state index in [9.17, 15) is 9.90 Å². The Labute approximate surface area is 97.8 Å².